The Morgan fingerprint density at radius 1 is 1.17 bits per heavy atom. The second kappa shape index (κ2) is 8.93. The summed E-state index contributed by atoms with van der Waals surface area (Å²) >= 11 is 7.26. The lowest BCUT2D eigenvalue weighted by atomic mass is 10.2. The van der Waals surface area contributed by atoms with Gasteiger partial charge in [0.05, 0.1) is 18.6 Å². The molecule has 0 saturated heterocycles. The van der Waals surface area contributed by atoms with Gasteiger partial charge in [0.1, 0.15) is 5.76 Å². The average Bonchev–Trinajstić information content (AvgIpc) is 3.38. The number of furan rings is 1. The lowest BCUT2D eigenvalue weighted by molar-refractivity contribution is -0.113. The molecule has 3 aromatic heterocycles. The third kappa shape index (κ3) is 4.85. The van der Waals surface area contributed by atoms with Crippen LogP contribution >= 0.6 is 23.4 Å². The highest BCUT2D eigenvalue weighted by Crippen LogP contribution is 2.25. The smallest absolute Gasteiger partial charge is 0.234 e. The molecule has 0 radical (unpaired) electrons. The van der Waals surface area contributed by atoms with E-state index in [1.807, 2.05) is 28.8 Å². The number of aromatic nitrogens is 4. The van der Waals surface area contributed by atoms with Crippen molar-refractivity contribution in [3.8, 4) is 11.4 Å². The Kier molecular flexibility index (Phi) is 5.92. The van der Waals surface area contributed by atoms with Crippen LogP contribution in [0, 0.1) is 0 Å². The molecule has 29 heavy (non-hydrogen) atoms. The standard InChI is InChI=1S/C20H16ClN5O2S/c21-15-5-1-6-16(10-15)23-18(27)13-29-20-25-24-19(14-4-2-8-22-11-14)26(20)12-17-7-3-9-28-17/h1-11H,12-13H2,(H,23,27). The highest BCUT2D eigenvalue weighted by molar-refractivity contribution is 7.99. The fourth-order valence-corrected chi connectivity index (χ4v) is 3.63. The van der Waals surface area contributed by atoms with E-state index >= 15 is 0 Å². The zero-order valence-electron chi connectivity index (χ0n) is 15.2. The second-order valence-electron chi connectivity index (χ2n) is 6.06. The molecule has 4 rings (SSSR count). The Bertz CT molecular complexity index is 1100. The molecule has 1 aromatic carbocycles. The molecule has 0 unspecified atom stereocenters. The first-order valence-corrected chi connectivity index (χ1v) is 10.1. The first kappa shape index (κ1) is 19.2. The van der Waals surface area contributed by atoms with Gasteiger partial charge in [-0.1, -0.05) is 29.4 Å². The van der Waals surface area contributed by atoms with E-state index < -0.39 is 0 Å². The zero-order chi connectivity index (χ0) is 20.1. The molecule has 0 aliphatic rings. The van der Waals surface area contributed by atoms with Gasteiger partial charge in [-0.25, -0.2) is 0 Å². The molecule has 0 aliphatic heterocycles. The van der Waals surface area contributed by atoms with Gasteiger partial charge >= 0.3 is 0 Å². The number of pyridine rings is 1. The molecule has 0 atom stereocenters. The Hall–Kier alpha value is -3.10. The molecule has 0 aliphatic carbocycles. The summed E-state index contributed by atoms with van der Waals surface area (Å²) in [6, 6.07) is 14.5. The molecule has 9 heteroatoms. The quantitative estimate of drug-likeness (QED) is 0.442. The number of carbonyl (C=O) groups excluding carboxylic acids is 1. The number of benzene rings is 1. The number of hydrogen-bond acceptors (Lipinski definition) is 6. The summed E-state index contributed by atoms with van der Waals surface area (Å²) in [5.41, 5.74) is 1.48. The molecule has 0 spiro atoms. The summed E-state index contributed by atoms with van der Waals surface area (Å²) in [6.07, 6.45) is 5.05. The Morgan fingerprint density at radius 3 is 2.86 bits per heavy atom. The molecule has 146 valence electrons. The topological polar surface area (TPSA) is 85.8 Å². The van der Waals surface area contributed by atoms with Gasteiger partial charge in [0.2, 0.25) is 5.91 Å². The number of anilines is 1. The number of carbonyl (C=O) groups is 1. The first-order chi connectivity index (χ1) is 14.2. The maximum atomic E-state index is 12.3. The molecule has 0 fully saturated rings. The van der Waals surface area contributed by atoms with E-state index in [0.717, 1.165) is 11.3 Å². The highest BCUT2D eigenvalue weighted by atomic mass is 35.5. The molecule has 0 bridgehead atoms. The van der Waals surface area contributed by atoms with E-state index in [2.05, 4.69) is 20.5 Å². The van der Waals surface area contributed by atoms with Crippen LogP contribution in [0.4, 0.5) is 5.69 Å². The van der Waals surface area contributed by atoms with E-state index in [-0.39, 0.29) is 11.7 Å². The van der Waals surface area contributed by atoms with Gasteiger partial charge in [-0.3, -0.25) is 14.3 Å². The normalized spacial score (nSPS) is 10.8. The van der Waals surface area contributed by atoms with Gasteiger partial charge in [-0.2, -0.15) is 0 Å². The van der Waals surface area contributed by atoms with E-state index in [0.29, 0.717) is 28.2 Å². The van der Waals surface area contributed by atoms with Crippen molar-refractivity contribution in [1.29, 1.82) is 0 Å². The fraction of sp³-hybridized carbons (Fsp3) is 0.100. The van der Waals surface area contributed by atoms with Crippen LogP contribution < -0.4 is 5.32 Å². The first-order valence-electron chi connectivity index (χ1n) is 8.73. The zero-order valence-corrected chi connectivity index (χ0v) is 16.7. The molecule has 3 heterocycles. The van der Waals surface area contributed by atoms with Crippen LogP contribution in [-0.2, 0) is 11.3 Å². The summed E-state index contributed by atoms with van der Waals surface area (Å²) in [7, 11) is 0. The van der Waals surface area contributed by atoms with E-state index in [1.54, 1.807) is 42.9 Å². The Labute approximate surface area is 176 Å². The van der Waals surface area contributed by atoms with Gasteiger partial charge < -0.3 is 9.73 Å². The lowest BCUT2D eigenvalue weighted by Gasteiger charge is -2.09. The van der Waals surface area contributed by atoms with Crippen molar-refractivity contribution in [3.63, 3.8) is 0 Å². The van der Waals surface area contributed by atoms with Crippen LogP contribution in [-0.4, -0.2) is 31.4 Å². The Balaban J connectivity index is 1.52. The maximum Gasteiger partial charge on any atom is 0.234 e. The summed E-state index contributed by atoms with van der Waals surface area (Å²) in [4.78, 5) is 16.5. The maximum absolute atomic E-state index is 12.3. The largest absolute Gasteiger partial charge is 0.467 e. The average molecular weight is 426 g/mol. The van der Waals surface area contributed by atoms with Gasteiger partial charge in [0.25, 0.3) is 0 Å². The molecule has 7 nitrogen and oxygen atoms in total. The summed E-state index contributed by atoms with van der Waals surface area (Å²) in [5.74, 6) is 1.44. The van der Waals surface area contributed by atoms with Gasteiger partial charge in [0, 0.05) is 28.7 Å². The number of halogens is 1. The third-order valence-corrected chi connectivity index (χ3v) is 5.17. The van der Waals surface area contributed by atoms with Crippen LogP contribution in [0.2, 0.25) is 5.02 Å². The molecular formula is C20H16ClN5O2S. The Morgan fingerprint density at radius 2 is 2.10 bits per heavy atom. The van der Waals surface area contributed by atoms with Crippen molar-refractivity contribution >= 4 is 35.0 Å². The number of hydrogen-bond donors (Lipinski definition) is 1. The predicted octanol–water partition coefficient (Wildman–Crippen LogP) is 4.37. The van der Waals surface area contributed by atoms with Crippen molar-refractivity contribution in [3.05, 3.63) is 78.0 Å². The van der Waals surface area contributed by atoms with Gasteiger partial charge in [-0.15, -0.1) is 10.2 Å². The minimum atomic E-state index is -0.159. The SMILES string of the molecule is O=C(CSc1nnc(-c2cccnc2)n1Cc1ccco1)Nc1cccc(Cl)c1. The van der Waals surface area contributed by atoms with Crippen molar-refractivity contribution in [1.82, 2.24) is 19.7 Å². The molecule has 4 aromatic rings. The van der Waals surface area contributed by atoms with Crippen molar-refractivity contribution < 1.29 is 9.21 Å². The van der Waals surface area contributed by atoms with E-state index in [4.69, 9.17) is 16.0 Å². The monoisotopic (exact) mass is 425 g/mol. The minimum Gasteiger partial charge on any atom is -0.467 e. The second-order valence-corrected chi connectivity index (χ2v) is 7.44. The van der Waals surface area contributed by atoms with Gasteiger partial charge in [-0.05, 0) is 42.5 Å². The summed E-state index contributed by atoms with van der Waals surface area (Å²) < 4.78 is 7.39. The van der Waals surface area contributed by atoms with Crippen molar-refractivity contribution in [2.24, 2.45) is 0 Å². The van der Waals surface area contributed by atoms with Crippen LogP contribution in [0.1, 0.15) is 5.76 Å². The third-order valence-electron chi connectivity index (χ3n) is 3.97. The molecule has 1 N–H and O–H groups in total. The fourth-order valence-electron chi connectivity index (χ4n) is 2.70. The van der Waals surface area contributed by atoms with Gasteiger partial charge in [0.15, 0.2) is 11.0 Å². The number of nitrogens with zero attached hydrogens (tertiary/aromatic N) is 4. The van der Waals surface area contributed by atoms with Crippen molar-refractivity contribution in [2.75, 3.05) is 11.1 Å². The molecular weight excluding hydrogens is 410 g/mol. The van der Waals surface area contributed by atoms with Crippen LogP contribution in [0.3, 0.4) is 0 Å². The number of amides is 1. The summed E-state index contributed by atoms with van der Waals surface area (Å²) in [5, 5.41) is 12.6. The highest BCUT2D eigenvalue weighted by Gasteiger charge is 2.17. The lowest BCUT2D eigenvalue weighted by Crippen LogP contribution is -2.14. The number of thioether (sulfide) groups is 1. The molecule has 0 saturated carbocycles. The molecule has 1 amide bonds. The van der Waals surface area contributed by atoms with Crippen LogP contribution in [0.5, 0.6) is 0 Å². The number of rotatable bonds is 7. The van der Waals surface area contributed by atoms with E-state index in [1.165, 1.54) is 11.8 Å². The van der Waals surface area contributed by atoms with Crippen LogP contribution in [0.15, 0.2) is 76.8 Å². The minimum absolute atomic E-state index is 0.159. The summed E-state index contributed by atoms with van der Waals surface area (Å²) in [6.45, 7) is 0.447. The van der Waals surface area contributed by atoms with E-state index in [9.17, 15) is 4.79 Å². The number of nitrogens with one attached hydrogen (secondary N) is 1. The predicted molar refractivity (Wildman–Crippen MR) is 112 cm³/mol. The van der Waals surface area contributed by atoms with Crippen LogP contribution in [0.25, 0.3) is 11.4 Å². The van der Waals surface area contributed by atoms with Crippen molar-refractivity contribution in [2.45, 2.75) is 11.7 Å².